The van der Waals surface area contributed by atoms with Crippen LogP contribution in [0, 0.1) is 5.92 Å². The van der Waals surface area contributed by atoms with E-state index in [2.05, 4.69) is 5.32 Å². The Hall–Kier alpha value is -2.08. The summed E-state index contributed by atoms with van der Waals surface area (Å²) in [6.45, 7) is 4.25. The zero-order chi connectivity index (χ0) is 19.8. The Bertz CT molecular complexity index is 640. The first-order chi connectivity index (χ1) is 13.7. The molecule has 0 aromatic heterocycles. The Morgan fingerprint density at radius 2 is 1.93 bits per heavy atom. The third kappa shape index (κ3) is 5.71. The lowest BCUT2D eigenvalue weighted by Gasteiger charge is -2.22. The fourth-order valence-corrected chi connectivity index (χ4v) is 3.93. The minimum Gasteiger partial charge on any atom is -0.494 e. The molecule has 2 amide bonds. The van der Waals surface area contributed by atoms with Gasteiger partial charge < -0.3 is 19.7 Å². The molecule has 1 N–H and O–H groups in total. The van der Waals surface area contributed by atoms with Gasteiger partial charge in [0.2, 0.25) is 11.8 Å². The average Bonchev–Trinajstić information content (AvgIpc) is 3.11. The number of anilines is 1. The van der Waals surface area contributed by atoms with Crippen LogP contribution in [0.15, 0.2) is 24.3 Å². The molecule has 154 valence electrons. The van der Waals surface area contributed by atoms with Gasteiger partial charge >= 0.3 is 0 Å². The Morgan fingerprint density at radius 1 is 1.18 bits per heavy atom. The molecule has 6 nitrogen and oxygen atoms in total. The molecule has 2 fully saturated rings. The molecule has 0 radical (unpaired) electrons. The van der Waals surface area contributed by atoms with E-state index in [-0.39, 0.29) is 24.2 Å². The summed E-state index contributed by atoms with van der Waals surface area (Å²) < 4.78 is 11.3. The Morgan fingerprint density at radius 3 is 2.64 bits per heavy atom. The zero-order valence-corrected chi connectivity index (χ0v) is 16.8. The second-order valence-corrected chi connectivity index (χ2v) is 7.61. The SMILES string of the molecule is CCOc1ccc(N2C[C@H](C(=O)NCCCOC3CCCCC3)CC2=O)cc1. The van der Waals surface area contributed by atoms with Crippen molar-refractivity contribution in [3.05, 3.63) is 24.3 Å². The molecule has 0 unspecified atom stereocenters. The second kappa shape index (κ2) is 10.5. The molecule has 0 bridgehead atoms. The molecule has 1 aromatic carbocycles. The van der Waals surface area contributed by atoms with Crippen molar-refractivity contribution in [3.8, 4) is 5.75 Å². The number of nitrogens with zero attached hydrogens (tertiary/aromatic N) is 1. The maximum absolute atomic E-state index is 12.4. The van der Waals surface area contributed by atoms with Crippen LogP contribution >= 0.6 is 0 Å². The average molecular weight is 389 g/mol. The van der Waals surface area contributed by atoms with Gasteiger partial charge in [0, 0.05) is 31.8 Å². The molecule has 2 aliphatic rings. The highest BCUT2D eigenvalue weighted by Gasteiger charge is 2.34. The largest absolute Gasteiger partial charge is 0.494 e. The molecule has 1 saturated carbocycles. The highest BCUT2D eigenvalue weighted by molar-refractivity contribution is 6.00. The highest BCUT2D eigenvalue weighted by atomic mass is 16.5. The smallest absolute Gasteiger partial charge is 0.227 e. The van der Waals surface area contributed by atoms with Gasteiger partial charge in [-0.2, -0.15) is 0 Å². The van der Waals surface area contributed by atoms with Gasteiger partial charge in [-0.3, -0.25) is 9.59 Å². The van der Waals surface area contributed by atoms with Gasteiger partial charge in [-0.1, -0.05) is 19.3 Å². The van der Waals surface area contributed by atoms with Gasteiger partial charge in [0.05, 0.1) is 18.6 Å². The van der Waals surface area contributed by atoms with Crippen LogP contribution in [0.25, 0.3) is 0 Å². The lowest BCUT2D eigenvalue weighted by molar-refractivity contribution is -0.126. The molecule has 6 heteroatoms. The van der Waals surface area contributed by atoms with Crippen molar-refractivity contribution in [2.75, 3.05) is 31.2 Å². The van der Waals surface area contributed by atoms with E-state index in [1.807, 2.05) is 31.2 Å². The van der Waals surface area contributed by atoms with Crippen LogP contribution in [-0.2, 0) is 14.3 Å². The topological polar surface area (TPSA) is 67.9 Å². The fourth-order valence-electron chi connectivity index (χ4n) is 3.93. The van der Waals surface area contributed by atoms with Crippen LogP contribution < -0.4 is 15.0 Å². The zero-order valence-electron chi connectivity index (χ0n) is 16.8. The van der Waals surface area contributed by atoms with Crippen molar-refractivity contribution in [1.82, 2.24) is 5.32 Å². The maximum atomic E-state index is 12.4. The minimum absolute atomic E-state index is 0.00931. The standard InChI is InChI=1S/C22H32N2O4/c1-2-27-20-11-9-18(10-12-20)24-16-17(15-21(24)25)22(26)23-13-6-14-28-19-7-4-3-5-8-19/h9-12,17,19H,2-8,13-16H2,1H3,(H,23,26)/t17-/m1/s1. The van der Waals surface area contributed by atoms with Gasteiger partial charge in [0.15, 0.2) is 0 Å². The van der Waals surface area contributed by atoms with Gasteiger partial charge in [-0.15, -0.1) is 0 Å². The van der Waals surface area contributed by atoms with Crippen LogP contribution in [0.1, 0.15) is 51.9 Å². The lowest BCUT2D eigenvalue weighted by Crippen LogP contribution is -2.34. The Labute approximate surface area is 167 Å². The molecule has 1 atom stereocenters. The summed E-state index contributed by atoms with van der Waals surface area (Å²) in [5.74, 6) is 0.436. The summed E-state index contributed by atoms with van der Waals surface area (Å²) >= 11 is 0. The van der Waals surface area contributed by atoms with E-state index < -0.39 is 0 Å². The van der Waals surface area contributed by atoms with Gasteiger partial charge in [-0.05, 0) is 50.5 Å². The molecule has 28 heavy (non-hydrogen) atoms. The van der Waals surface area contributed by atoms with E-state index in [9.17, 15) is 9.59 Å². The quantitative estimate of drug-likeness (QED) is 0.659. The molecular weight excluding hydrogens is 356 g/mol. The molecule has 1 heterocycles. The summed E-state index contributed by atoms with van der Waals surface area (Å²) in [7, 11) is 0. The van der Waals surface area contributed by atoms with Crippen molar-refractivity contribution < 1.29 is 19.1 Å². The monoisotopic (exact) mass is 388 g/mol. The summed E-state index contributed by atoms with van der Waals surface area (Å²) in [5, 5.41) is 2.96. The van der Waals surface area contributed by atoms with E-state index >= 15 is 0 Å². The maximum Gasteiger partial charge on any atom is 0.227 e. The van der Waals surface area contributed by atoms with Gasteiger partial charge in [-0.25, -0.2) is 0 Å². The number of hydrogen-bond acceptors (Lipinski definition) is 4. The molecular formula is C22H32N2O4. The van der Waals surface area contributed by atoms with Gasteiger partial charge in [0.1, 0.15) is 5.75 Å². The number of amides is 2. The van der Waals surface area contributed by atoms with Crippen LogP contribution in [0.2, 0.25) is 0 Å². The van der Waals surface area contributed by atoms with Crippen LogP contribution in [0.3, 0.4) is 0 Å². The molecule has 1 saturated heterocycles. The first-order valence-electron chi connectivity index (χ1n) is 10.6. The predicted molar refractivity (Wildman–Crippen MR) is 109 cm³/mol. The minimum atomic E-state index is -0.293. The second-order valence-electron chi connectivity index (χ2n) is 7.61. The highest BCUT2D eigenvalue weighted by Crippen LogP contribution is 2.27. The summed E-state index contributed by atoms with van der Waals surface area (Å²) in [6.07, 6.45) is 7.66. The van der Waals surface area contributed by atoms with E-state index in [4.69, 9.17) is 9.47 Å². The fraction of sp³-hybridized carbons (Fsp3) is 0.636. The summed E-state index contributed by atoms with van der Waals surface area (Å²) in [5.41, 5.74) is 0.810. The van der Waals surface area contributed by atoms with Crippen LogP contribution in [-0.4, -0.2) is 44.2 Å². The molecule has 1 aliphatic carbocycles. The van der Waals surface area contributed by atoms with Crippen molar-refractivity contribution >= 4 is 17.5 Å². The first-order valence-corrected chi connectivity index (χ1v) is 10.6. The van der Waals surface area contributed by atoms with E-state index in [0.717, 1.165) is 30.7 Å². The number of ether oxygens (including phenoxy) is 2. The van der Waals surface area contributed by atoms with Crippen molar-refractivity contribution in [3.63, 3.8) is 0 Å². The molecule has 0 spiro atoms. The predicted octanol–water partition coefficient (Wildman–Crippen LogP) is 3.29. The first kappa shape index (κ1) is 20.6. The summed E-state index contributed by atoms with van der Waals surface area (Å²) in [6, 6.07) is 7.44. The third-order valence-electron chi connectivity index (χ3n) is 5.48. The molecule has 1 aromatic rings. The third-order valence-corrected chi connectivity index (χ3v) is 5.48. The number of carbonyl (C=O) groups excluding carboxylic acids is 2. The Kier molecular flexibility index (Phi) is 7.71. The normalized spacial score (nSPS) is 20.4. The number of hydrogen-bond donors (Lipinski definition) is 1. The van der Waals surface area contributed by atoms with Crippen LogP contribution in [0.5, 0.6) is 5.75 Å². The molecule has 3 rings (SSSR count). The van der Waals surface area contributed by atoms with Crippen LogP contribution in [0.4, 0.5) is 5.69 Å². The molecule has 1 aliphatic heterocycles. The van der Waals surface area contributed by atoms with Crippen molar-refractivity contribution in [1.29, 1.82) is 0 Å². The number of nitrogens with one attached hydrogen (secondary N) is 1. The Balaban J connectivity index is 1.38. The van der Waals surface area contributed by atoms with E-state index in [1.54, 1.807) is 4.90 Å². The van der Waals surface area contributed by atoms with Gasteiger partial charge in [0.25, 0.3) is 0 Å². The van der Waals surface area contributed by atoms with E-state index in [0.29, 0.717) is 32.4 Å². The number of carbonyl (C=O) groups is 2. The number of rotatable bonds is 9. The lowest BCUT2D eigenvalue weighted by atomic mass is 9.98. The van der Waals surface area contributed by atoms with Crippen molar-refractivity contribution in [2.45, 2.75) is 58.0 Å². The van der Waals surface area contributed by atoms with E-state index in [1.165, 1.54) is 19.3 Å². The number of benzene rings is 1. The summed E-state index contributed by atoms with van der Waals surface area (Å²) in [4.78, 5) is 26.5. The van der Waals surface area contributed by atoms with Crippen molar-refractivity contribution in [2.24, 2.45) is 5.92 Å².